The van der Waals surface area contributed by atoms with E-state index >= 15 is 0 Å². The lowest BCUT2D eigenvalue weighted by Gasteiger charge is -2.14. The normalized spacial score (nSPS) is 12.1. The molecule has 4 N–H and O–H groups in total. The fraction of sp³-hybridized carbons (Fsp3) is 0.214. The second-order valence-electron chi connectivity index (χ2n) is 4.19. The minimum Gasteiger partial charge on any atom is -0.490 e. The molecule has 0 aliphatic rings. The number of thiocarbonyl (C=S) groups is 1. The number of ether oxygens (including phenoxy) is 1. The van der Waals surface area contributed by atoms with E-state index in [9.17, 15) is 5.11 Å². The van der Waals surface area contributed by atoms with Crippen LogP contribution in [-0.4, -0.2) is 29.5 Å². The van der Waals surface area contributed by atoms with Gasteiger partial charge in [0.15, 0.2) is 5.11 Å². The van der Waals surface area contributed by atoms with Crippen molar-refractivity contribution < 1.29 is 9.84 Å². The molecule has 0 aliphatic carbocycles. The van der Waals surface area contributed by atoms with E-state index in [1.807, 2.05) is 42.5 Å². The molecule has 100 valence electrons. The van der Waals surface area contributed by atoms with E-state index in [4.69, 9.17) is 10.5 Å². The van der Waals surface area contributed by atoms with Crippen LogP contribution in [0, 0.1) is 0 Å². The first-order valence-electron chi connectivity index (χ1n) is 5.99. The topological polar surface area (TPSA) is 67.5 Å². The summed E-state index contributed by atoms with van der Waals surface area (Å²) >= 11 is 4.67. The van der Waals surface area contributed by atoms with Crippen LogP contribution in [0.1, 0.15) is 0 Å². The van der Waals surface area contributed by atoms with Gasteiger partial charge in [-0.2, -0.15) is 0 Å². The molecule has 0 radical (unpaired) electrons. The number of nitrogens with one attached hydrogen (secondary N) is 1. The first-order chi connectivity index (χ1) is 9.16. The molecule has 0 bridgehead atoms. The molecule has 0 spiro atoms. The Kier molecular flexibility index (Phi) is 4.54. The summed E-state index contributed by atoms with van der Waals surface area (Å²) in [4.78, 5) is 0. The van der Waals surface area contributed by atoms with Gasteiger partial charge in [-0.1, -0.05) is 36.4 Å². The summed E-state index contributed by atoms with van der Waals surface area (Å²) in [6.45, 7) is 0.462. The zero-order chi connectivity index (χ0) is 13.7. The summed E-state index contributed by atoms with van der Waals surface area (Å²) in [6, 6.07) is 13.8. The van der Waals surface area contributed by atoms with Gasteiger partial charge in [0, 0.05) is 11.9 Å². The standard InChI is InChI=1S/C14H16N2O2S/c15-14(19)16-8-11(17)9-18-13-7-3-5-10-4-1-2-6-12(10)13/h1-7,11,17H,8-9H2,(H3,15,16,19). The Morgan fingerprint density at radius 3 is 2.79 bits per heavy atom. The van der Waals surface area contributed by atoms with E-state index in [2.05, 4.69) is 17.5 Å². The Morgan fingerprint density at radius 2 is 2.00 bits per heavy atom. The summed E-state index contributed by atoms with van der Waals surface area (Å²) in [5, 5.41) is 14.7. The average Bonchev–Trinajstić information content (AvgIpc) is 2.42. The monoisotopic (exact) mass is 276 g/mol. The lowest BCUT2D eigenvalue weighted by molar-refractivity contribution is 0.111. The molecule has 0 saturated carbocycles. The van der Waals surface area contributed by atoms with E-state index in [1.165, 1.54) is 0 Å². The summed E-state index contributed by atoms with van der Waals surface area (Å²) in [5.74, 6) is 0.757. The summed E-state index contributed by atoms with van der Waals surface area (Å²) in [7, 11) is 0. The number of fused-ring (bicyclic) bond motifs is 1. The Balaban J connectivity index is 2.00. The third-order valence-corrected chi connectivity index (χ3v) is 2.84. The van der Waals surface area contributed by atoms with Crippen LogP contribution < -0.4 is 15.8 Å². The second kappa shape index (κ2) is 6.36. The van der Waals surface area contributed by atoms with Gasteiger partial charge in [0.25, 0.3) is 0 Å². The number of nitrogens with two attached hydrogens (primary N) is 1. The van der Waals surface area contributed by atoms with Crippen LogP contribution >= 0.6 is 12.2 Å². The van der Waals surface area contributed by atoms with Crippen molar-refractivity contribution in [3.05, 3.63) is 42.5 Å². The molecule has 0 fully saturated rings. The number of benzene rings is 2. The van der Waals surface area contributed by atoms with E-state index < -0.39 is 6.10 Å². The molecular weight excluding hydrogens is 260 g/mol. The van der Waals surface area contributed by atoms with Crippen LogP contribution in [0.2, 0.25) is 0 Å². The highest BCUT2D eigenvalue weighted by molar-refractivity contribution is 7.80. The van der Waals surface area contributed by atoms with Crippen LogP contribution in [0.5, 0.6) is 5.75 Å². The molecule has 5 heteroatoms. The SMILES string of the molecule is NC(=S)NCC(O)COc1cccc2ccccc12. The largest absolute Gasteiger partial charge is 0.490 e. The molecule has 0 aromatic heterocycles. The van der Waals surface area contributed by atoms with Crippen molar-refractivity contribution in [2.45, 2.75) is 6.10 Å². The van der Waals surface area contributed by atoms with Crippen LogP contribution in [0.4, 0.5) is 0 Å². The molecule has 0 aliphatic heterocycles. The number of aliphatic hydroxyl groups is 1. The van der Waals surface area contributed by atoms with Crippen LogP contribution in [-0.2, 0) is 0 Å². The van der Waals surface area contributed by atoms with E-state index in [-0.39, 0.29) is 18.3 Å². The third-order valence-electron chi connectivity index (χ3n) is 2.69. The molecule has 1 atom stereocenters. The molecule has 2 rings (SSSR count). The number of hydrogen-bond acceptors (Lipinski definition) is 3. The van der Waals surface area contributed by atoms with Gasteiger partial charge in [0.1, 0.15) is 18.5 Å². The highest BCUT2D eigenvalue weighted by Crippen LogP contribution is 2.25. The van der Waals surface area contributed by atoms with E-state index in [0.29, 0.717) is 0 Å². The van der Waals surface area contributed by atoms with Crippen molar-refractivity contribution in [1.82, 2.24) is 5.32 Å². The van der Waals surface area contributed by atoms with Gasteiger partial charge >= 0.3 is 0 Å². The first-order valence-corrected chi connectivity index (χ1v) is 6.39. The third kappa shape index (κ3) is 3.81. The predicted octanol–water partition coefficient (Wildman–Crippen LogP) is 1.41. The quantitative estimate of drug-likeness (QED) is 0.721. The maximum absolute atomic E-state index is 9.73. The van der Waals surface area contributed by atoms with Crippen LogP contribution in [0.15, 0.2) is 42.5 Å². The number of aliphatic hydroxyl groups excluding tert-OH is 1. The van der Waals surface area contributed by atoms with Gasteiger partial charge in [-0.15, -0.1) is 0 Å². The zero-order valence-electron chi connectivity index (χ0n) is 10.4. The minimum absolute atomic E-state index is 0.171. The maximum atomic E-state index is 9.73. The lowest BCUT2D eigenvalue weighted by Crippen LogP contribution is -2.38. The molecule has 4 nitrogen and oxygen atoms in total. The van der Waals surface area contributed by atoms with Crippen LogP contribution in [0.25, 0.3) is 10.8 Å². The Hall–Kier alpha value is -1.85. The fourth-order valence-electron chi connectivity index (χ4n) is 1.78. The number of rotatable bonds is 5. The number of hydrogen-bond donors (Lipinski definition) is 3. The smallest absolute Gasteiger partial charge is 0.163 e. The van der Waals surface area contributed by atoms with Gasteiger partial charge in [-0.05, 0) is 23.7 Å². The van der Waals surface area contributed by atoms with Gasteiger partial charge < -0.3 is 20.9 Å². The molecule has 2 aromatic rings. The van der Waals surface area contributed by atoms with Crippen LogP contribution in [0.3, 0.4) is 0 Å². The predicted molar refractivity (Wildman–Crippen MR) is 80.2 cm³/mol. The van der Waals surface area contributed by atoms with Gasteiger partial charge in [0.05, 0.1) is 0 Å². The summed E-state index contributed by atoms with van der Waals surface area (Å²) < 4.78 is 5.64. The summed E-state index contributed by atoms with van der Waals surface area (Å²) in [6.07, 6.45) is -0.666. The van der Waals surface area contributed by atoms with Gasteiger partial charge in [-0.3, -0.25) is 0 Å². The van der Waals surface area contributed by atoms with E-state index in [1.54, 1.807) is 0 Å². The molecule has 0 heterocycles. The highest BCUT2D eigenvalue weighted by Gasteiger charge is 2.07. The minimum atomic E-state index is -0.666. The van der Waals surface area contributed by atoms with Gasteiger partial charge in [-0.25, -0.2) is 0 Å². The lowest BCUT2D eigenvalue weighted by atomic mass is 10.1. The molecule has 0 amide bonds. The van der Waals surface area contributed by atoms with Crippen molar-refractivity contribution in [2.24, 2.45) is 5.73 Å². The zero-order valence-corrected chi connectivity index (χ0v) is 11.2. The maximum Gasteiger partial charge on any atom is 0.163 e. The molecule has 19 heavy (non-hydrogen) atoms. The van der Waals surface area contributed by atoms with Gasteiger partial charge in [0.2, 0.25) is 0 Å². The molecule has 0 saturated heterocycles. The second-order valence-corrected chi connectivity index (χ2v) is 4.63. The molecular formula is C14H16N2O2S. The van der Waals surface area contributed by atoms with Crippen molar-refractivity contribution in [1.29, 1.82) is 0 Å². The summed E-state index contributed by atoms with van der Waals surface area (Å²) in [5.41, 5.74) is 5.29. The van der Waals surface area contributed by atoms with Crippen molar-refractivity contribution in [3.8, 4) is 5.75 Å². The fourth-order valence-corrected chi connectivity index (χ4v) is 1.87. The molecule has 1 unspecified atom stereocenters. The highest BCUT2D eigenvalue weighted by atomic mass is 32.1. The Bertz CT molecular complexity index is 569. The Labute approximate surface area is 117 Å². The van der Waals surface area contributed by atoms with Crippen molar-refractivity contribution >= 4 is 28.1 Å². The average molecular weight is 276 g/mol. The Morgan fingerprint density at radius 1 is 1.26 bits per heavy atom. The van der Waals surface area contributed by atoms with Crippen molar-refractivity contribution in [2.75, 3.05) is 13.2 Å². The van der Waals surface area contributed by atoms with E-state index in [0.717, 1.165) is 16.5 Å². The first kappa shape index (κ1) is 13.6. The van der Waals surface area contributed by atoms with Crippen molar-refractivity contribution in [3.63, 3.8) is 0 Å². The molecule has 2 aromatic carbocycles.